The fourth-order valence-corrected chi connectivity index (χ4v) is 4.35. The van der Waals surface area contributed by atoms with E-state index in [4.69, 9.17) is 9.15 Å². The molecule has 0 saturated carbocycles. The van der Waals surface area contributed by atoms with Gasteiger partial charge in [0.1, 0.15) is 5.75 Å². The Kier molecular flexibility index (Phi) is 4.93. The third kappa shape index (κ3) is 3.68. The lowest BCUT2D eigenvalue weighted by Gasteiger charge is -2.30. The number of nitrogens with zero attached hydrogens (tertiary/aromatic N) is 3. The van der Waals surface area contributed by atoms with E-state index in [-0.39, 0.29) is 23.9 Å². The van der Waals surface area contributed by atoms with Crippen LogP contribution >= 0.6 is 0 Å². The van der Waals surface area contributed by atoms with Gasteiger partial charge in [-0.1, -0.05) is 6.07 Å². The summed E-state index contributed by atoms with van der Waals surface area (Å²) in [6, 6.07) is 6.01. The Labute approximate surface area is 147 Å². The zero-order valence-electron chi connectivity index (χ0n) is 13.7. The maximum atomic E-state index is 12.8. The molecule has 3 rings (SSSR count). The van der Waals surface area contributed by atoms with Crippen LogP contribution in [-0.2, 0) is 16.2 Å². The minimum atomic E-state index is -4.73. The van der Waals surface area contributed by atoms with Crippen LogP contribution in [0.15, 0.2) is 33.6 Å². The number of methoxy groups -OCH3 is 1. The highest BCUT2D eigenvalue weighted by molar-refractivity contribution is 7.89. The molecule has 1 saturated heterocycles. The maximum Gasteiger partial charge on any atom is 0.470 e. The van der Waals surface area contributed by atoms with Crippen LogP contribution in [-0.4, -0.2) is 43.1 Å². The molecule has 0 radical (unpaired) electrons. The summed E-state index contributed by atoms with van der Waals surface area (Å²) >= 11 is 0. The average Bonchev–Trinajstić information content (AvgIpc) is 3.12. The summed E-state index contributed by atoms with van der Waals surface area (Å²) in [5.41, 5.74) is 0. The van der Waals surface area contributed by atoms with Crippen LogP contribution in [0.1, 0.15) is 30.5 Å². The smallest absolute Gasteiger partial charge is 0.470 e. The molecule has 0 unspecified atom stereocenters. The molecule has 26 heavy (non-hydrogen) atoms. The van der Waals surface area contributed by atoms with Crippen LogP contribution in [0, 0.1) is 0 Å². The predicted octanol–water partition coefficient (Wildman–Crippen LogP) is 2.67. The van der Waals surface area contributed by atoms with Crippen LogP contribution in [0.5, 0.6) is 5.75 Å². The van der Waals surface area contributed by atoms with Gasteiger partial charge in [-0.3, -0.25) is 0 Å². The molecule has 0 aliphatic carbocycles. The van der Waals surface area contributed by atoms with Gasteiger partial charge in [0, 0.05) is 19.2 Å². The molecular weight excluding hydrogens is 375 g/mol. The molecule has 1 atom stereocenters. The number of hydrogen-bond donors (Lipinski definition) is 0. The Morgan fingerprint density at radius 1 is 1.31 bits per heavy atom. The maximum absolute atomic E-state index is 12.8. The van der Waals surface area contributed by atoms with E-state index in [1.54, 1.807) is 12.1 Å². The number of benzene rings is 1. The summed E-state index contributed by atoms with van der Waals surface area (Å²) in [7, 11) is -2.39. The van der Waals surface area contributed by atoms with Crippen molar-refractivity contribution < 1.29 is 30.7 Å². The molecule has 1 aliphatic rings. The van der Waals surface area contributed by atoms with Crippen molar-refractivity contribution in [1.82, 2.24) is 14.5 Å². The van der Waals surface area contributed by atoms with Crippen molar-refractivity contribution in [3.63, 3.8) is 0 Å². The molecule has 2 heterocycles. The standard InChI is InChI=1S/C15H16F3N3O4S/c1-24-11-5-2-6-12(8-11)26(22,23)21-7-3-4-10(9-21)13-19-20-14(25-13)15(16,17)18/h2,5-6,8,10H,3-4,7,9H2,1H3/t10-/m1/s1. The molecule has 1 aliphatic heterocycles. The van der Waals surface area contributed by atoms with Gasteiger partial charge in [-0.05, 0) is 25.0 Å². The molecule has 1 fully saturated rings. The minimum Gasteiger partial charge on any atom is -0.497 e. The number of rotatable bonds is 4. The molecule has 2 aromatic rings. The van der Waals surface area contributed by atoms with E-state index >= 15 is 0 Å². The van der Waals surface area contributed by atoms with Gasteiger partial charge < -0.3 is 9.15 Å². The monoisotopic (exact) mass is 391 g/mol. The van der Waals surface area contributed by atoms with Crippen LogP contribution in [0.3, 0.4) is 0 Å². The quantitative estimate of drug-likeness (QED) is 0.797. The Bertz CT molecular complexity index is 882. The van der Waals surface area contributed by atoms with Crippen molar-refractivity contribution >= 4 is 10.0 Å². The fraction of sp³-hybridized carbons (Fsp3) is 0.467. The first-order valence-electron chi connectivity index (χ1n) is 7.76. The van der Waals surface area contributed by atoms with Gasteiger partial charge in [-0.15, -0.1) is 10.2 Å². The second kappa shape index (κ2) is 6.88. The number of alkyl halides is 3. The van der Waals surface area contributed by atoms with E-state index in [9.17, 15) is 21.6 Å². The summed E-state index contributed by atoms with van der Waals surface area (Å²) in [5.74, 6) is -1.83. The summed E-state index contributed by atoms with van der Waals surface area (Å²) in [6.45, 7) is 0.231. The predicted molar refractivity (Wildman–Crippen MR) is 83.0 cm³/mol. The molecule has 0 bridgehead atoms. The molecule has 0 amide bonds. The molecule has 1 aromatic carbocycles. The third-order valence-electron chi connectivity index (χ3n) is 4.10. The first kappa shape index (κ1) is 18.6. The van der Waals surface area contributed by atoms with Gasteiger partial charge in [-0.25, -0.2) is 8.42 Å². The number of hydrogen-bond acceptors (Lipinski definition) is 6. The summed E-state index contributed by atoms with van der Waals surface area (Å²) < 4.78 is 74.4. The number of ether oxygens (including phenoxy) is 1. The molecule has 11 heteroatoms. The number of piperidine rings is 1. The summed E-state index contributed by atoms with van der Waals surface area (Å²) in [5, 5.41) is 6.45. The topological polar surface area (TPSA) is 85.5 Å². The molecule has 7 nitrogen and oxygen atoms in total. The van der Waals surface area contributed by atoms with Crippen LogP contribution < -0.4 is 4.74 Å². The zero-order chi connectivity index (χ0) is 18.9. The highest BCUT2D eigenvalue weighted by Crippen LogP contribution is 2.33. The van der Waals surface area contributed by atoms with Crippen molar-refractivity contribution in [1.29, 1.82) is 0 Å². The van der Waals surface area contributed by atoms with Crippen molar-refractivity contribution in [2.24, 2.45) is 0 Å². The Morgan fingerprint density at radius 3 is 2.73 bits per heavy atom. The lowest BCUT2D eigenvalue weighted by molar-refractivity contribution is -0.157. The number of sulfonamides is 1. The third-order valence-corrected chi connectivity index (χ3v) is 5.96. The van der Waals surface area contributed by atoms with Crippen molar-refractivity contribution in [2.45, 2.75) is 29.8 Å². The van der Waals surface area contributed by atoms with E-state index in [0.717, 1.165) is 0 Å². The highest BCUT2D eigenvalue weighted by Gasteiger charge is 2.40. The number of halogens is 3. The molecular formula is C15H16F3N3O4S. The Hall–Kier alpha value is -2.14. The SMILES string of the molecule is COc1cccc(S(=O)(=O)N2CCC[C@@H](c3nnc(C(F)(F)F)o3)C2)c1. The first-order chi connectivity index (χ1) is 12.2. The Balaban J connectivity index is 1.82. The fourth-order valence-electron chi connectivity index (χ4n) is 2.79. The Morgan fingerprint density at radius 2 is 2.08 bits per heavy atom. The first-order valence-corrected chi connectivity index (χ1v) is 9.20. The summed E-state index contributed by atoms with van der Waals surface area (Å²) in [6.07, 6.45) is -3.80. The summed E-state index contributed by atoms with van der Waals surface area (Å²) in [4.78, 5) is 0.0546. The molecule has 0 N–H and O–H groups in total. The van der Waals surface area contributed by atoms with Crippen molar-refractivity contribution in [3.8, 4) is 5.75 Å². The molecule has 142 valence electrons. The van der Waals surface area contributed by atoms with Crippen molar-refractivity contribution in [2.75, 3.05) is 20.2 Å². The zero-order valence-corrected chi connectivity index (χ0v) is 14.5. The van der Waals surface area contributed by atoms with E-state index in [2.05, 4.69) is 10.2 Å². The lowest BCUT2D eigenvalue weighted by Crippen LogP contribution is -2.39. The molecule has 1 aromatic heterocycles. The van der Waals surface area contributed by atoms with E-state index in [1.807, 2.05) is 0 Å². The number of aromatic nitrogens is 2. The largest absolute Gasteiger partial charge is 0.497 e. The van der Waals surface area contributed by atoms with Crippen molar-refractivity contribution in [3.05, 3.63) is 36.0 Å². The van der Waals surface area contributed by atoms with Crippen LogP contribution in [0.2, 0.25) is 0 Å². The van der Waals surface area contributed by atoms with Crippen LogP contribution in [0.4, 0.5) is 13.2 Å². The molecule has 0 spiro atoms. The minimum absolute atomic E-state index is 0.0287. The second-order valence-corrected chi connectivity index (χ2v) is 7.76. The van der Waals surface area contributed by atoms with Crippen LogP contribution in [0.25, 0.3) is 0 Å². The van der Waals surface area contributed by atoms with E-state index < -0.39 is 28.0 Å². The lowest BCUT2D eigenvalue weighted by atomic mass is 10.00. The van der Waals surface area contributed by atoms with Gasteiger partial charge in [0.05, 0.1) is 17.9 Å². The second-order valence-electron chi connectivity index (χ2n) is 5.82. The average molecular weight is 391 g/mol. The normalized spacial score (nSPS) is 19.5. The van der Waals surface area contributed by atoms with Gasteiger partial charge in [-0.2, -0.15) is 17.5 Å². The van der Waals surface area contributed by atoms with E-state index in [0.29, 0.717) is 18.6 Å². The van der Waals surface area contributed by atoms with Gasteiger partial charge in [0.25, 0.3) is 0 Å². The van der Waals surface area contributed by atoms with Gasteiger partial charge >= 0.3 is 12.1 Å². The van der Waals surface area contributed by atoms with E-state index in [1.165, 1.54) is 23.5 Å². The van der Waals surface area contributed by atoms with Gasteiger partial charge in [0.15, 0.2) is 0 Å². The van der Waals surface area contributed by atoms with Gasteiger partial charge in [0.2, 0.25) is 15.9 Å². The highest BCUT2D eigenvalue weighted by atomic mass is 32.2.